The molecular weight excluding hydrogens is 308 g/mol. The molecule has 0 aliphatic heterocycles. The molecule has 0 aliphatic carbocycles. The Morgan fingerprint density at radius 2 is 1.90 bits per heavy atom. The summed E-state index contributed by atoms with van der Waals surface area (Å²) in [5, 5.41) is 0.662. The number of hydrogen-bond donors (Lipinski definition) is 1. The van der Waals surface area contributed by atoms with E-state index in [1.807, 2.05) is 0 Å². The van der Waals surface area contributed by atoms with E-state index in [1.54, 1.807) is 30.5 Å². The molecule has 108 valence electrons. The maximum absolute atomic E-state index is 12.7. The highest BCUT2D eigenvalue weighted by Crippen LogP contribution is 2.38. The first-order chi connectivity index (χ1) is 10.0. The summed E-state index contributed by atoms with van der Waals surface area (Å²) >= 11 is 1.08. The number of rotatable bonds is 3. The molecule has 0 atom stereocenters. The number of thiophene rings is 1. The Bertz CT molecular complexity index is 900. The van der Waals surface area contributed by atoms with E-state index < -0.39 is 9.84 Å². The lowest BCUT2D eigenvalue weighted by molar-refractivity contribution is 0.414. The number of sulfone groups is 1. The largest absolute Gasteiger partial charge is 0.497 e. The average molecular weight is 320 g/mol. The van der Waals surface area contributed by atoms with Gasteiger partial charge in [-0.05, 0) is 36.4 Å². The van der Waals surface area contributed by atoms with Crippen LogP contribution in [-0.2, 0) is 9.84 Å². The number of nitrogens with two attached hydrogens (primary N) is 1. The molecule has 0 radical (unpaired) electrons. The van der Waals surface area contributed by atoms with Crippen molar-refractivity contribution >= 4 is 37.1 Å². The summed E-state index contributed by atoms with van der Waals surface area (Å²) in [5.74, 6) is 0.597. The normalized spacial score (nSPS) is 11.7. The van der Waals surface area contributed by atoms with Crippen LogP contribution in [0.15, 0.2) is 51.7 Å². The molecule has 3 aromatic rings. The Balaban J connectivity index is 2.17. The third kappa shape index (κ3) is 2.24. The molecule has 3 rings (SSSR count). The third-order valence-corrected chi connectivity index (χ3v) is 6.52. The number of fused-ring (bicyclic) bond motifs is 1. The van der Waals surface area contributed by atoms with E-state index in [1.165, 1.54) is 19.2 Å². The molecule has 2 heterocycles. The molecule has 0 aliphatic rings. The zero-order valence-corrected chi connectivity index (χ0v) is 12.7. The summed E-state index contributed by atoms with van der Waals surface area (Å²) in [7, 11) is -2.13. The van der Waals surface area contributed by atoms with Gasteiger partial charge in [-0.2, -0.15) is 0 Å². The molecule has 2 aromatic heterocycles. The summed E-state index contributed by atoms with van der Waals surface area (Å²) in [6.07, 6.45) is 1.61. The second-order valence-corrected chi connectivity index (χ2v) is 7.48. The minimum absolute atomic E-state index is 0.126. The lowest BCUT2D eigenvalue weighted by atomic mass is 10.3. The molecule has 5 nitrogen and oxygen atoms in total. The van der Waals surface area contributed by atoms with Crippen molar-refractivity contribution < 1.29 is 13.2 Å². The Morgan fingerprint density at radius 1 is 1.19 bits per heavy atom. The first-order valence-electron chi connectivity index (χ1n) is 6.06. The molecule has 0 spiro atoms. The predicted molar refractivity (Wildman–Crippen MR) is 82.5 cm³/mol. The van der Waals surface area contributed by atoms with Gasteiger partial charge in [0.05, 0.1) is 17.7 Å². The van der Waals surface area contributed by atoms with Gasteiger partial charge in [-0.25, -0.2) is 13.4 Å². The van der Waals surface area contributed by atoms with Crippen LogP contribution in [0.5, 0.6) is 5.75 Å². The van der Waals surface area contributed by atoms with Gasteiger partial charge < -0.3 is 10.5 Å². The number of pyridine rings is 1. The number of nitrogens with zero attached hydrogens (tertiary/aromatic N) is 1. The Hall–Kier alpha value is -2.12. The number of anilines is 1. The standard InChI is InChI=1S/C14H12N2O3S2/c1-19-9-4-6-10(7-5-9)21(17,18)14-12(15)11-3-2-8-16-13(11)20-14/h2-8H,15H2,1H3. The van der Waals surface area contributed by atoms with E-state index >= 15 is 0 Å². The number of benzene rings is 1. The van der Waals surface area contributed by atoms with Gasteiger partial charge in [0.2, 0.25) is 9.84 Å². The van der Waals surface area contributed by atoms with Gasteiger partial charge in [-0.1, -0.05) is 0 Å². The molecule has 0 saturated heterocycles. The minimum Gasteiger partial charge on any atom is -0.497 e. The molecule has 2 N–H and O–H groups in total. The highest BCUT2D eigenvalue weighted by atomic mass is 32.2. The van der Waals surface area contributed by atoms with Gasteiger partial charge in [0.1, 0.15) is 14.8 Å². The van der Waals surface area contributed by atoms with Crippen LogP contribution in [0.25, 0.3) is 10.2 Å². The molecule has 0 unspecified atom stereocenters. The Morgan fingerprint density at radius 3 is 2.52 bits per heavy atom. The Kier molecular flexibility index (Phi) is 3.30. The van der Waals surface area contributed by atoms with Gasteiger partial charge in [0.15, 0.2) is 0 Å². The van der Waals surface area contributed by atoms with Crippen LogP contribution < -0.4 is 10.5 Å². The summed E-state index contributed by atoms with van der Waals surface area (Å²) in [4.78, 5) is 4.95. The van der Waals surface area contributed by atoms with Crippen LogP contribution in [0.4, 0.5) is 5.69 Å². The highest BCUT2D eigenvalue weighted by molar-refractivity contribution is 7.93. The maximum atomic E-state index is 12.7. The van der Waals surface area contributed by atoms with Gasteiger partial charge in [0.25, 0.3) is 0 Å². The van der Waals surface area contributed by atoms with Gasteiger partial charge in [-0.3, -0.25) is 0 Å². The highest BCUT2D eigenvalue weighted by Gasteiger charge is 2.25. The molecule has 1 aromatic carbocycles. The number of ether oxygens (including phenoxy) is 1. The average Bonchev–Trinajstić information content (AvgIpc) is 2.86. The quantitative estimate of drug-likeness (QED) is 0.802. The fourth-order valence-electron chi connectivity index (χ4n) is 1.99. The van der Waals surface area contributed by atoms with E-state index in [9.17, 15) is 8.42 Å². The first kappa shape index (κ1) is 13.8. The topological polar surface area (TPSA) is 82.3 Å². The van der Waals surface area contributed by atoms with E-state index in [0.29, 0.717) is 16.0 Å². The lowest BCUT2D eigenvalue weighted by Gasteiger charge is -2.04. The van der Waals surface area contributed by atoms with Crippen molar-refractivity contribution in [2.45, 2.75) is 9.10 Å². The fourth-order valence-corrected chi connectivity index (χ4v) is 4.86. The zero-order valence-electron chi connectivity index (χ0n) is 11.1. The fraction of sp³-hybridized carbons (Fsp3) is 0.0714. The van der Waals surface area contributed by atoms with Crippen molar-refractivity contribution in [1.82, 2.24) is 4.98 Å². The summed E-state index contributed by atoms with van der Waals surface area (Å²) in [5.41, 5.74) is 6.23. The molecule has 0 bridgehead atoms. The van der Waals surface area contributed by atoms with E-state index in [2.05, 4.69) is 4.98 Å². The second kappa shape index (κ2) is 5.01. The molecule has 0 amide bonds. The van der Waals surface area contributed by atoms with E-state index in [0.717, 1.165) is 11.3 Å². The second-order valence-electron chi connectivity index (χ2n) is 4.34. The summed E-state index contributed by atoms with van der Waals surface area (Å²) in [6, 6.07) is 9.72. The summed E-state index contributed by atoms with van der Waals surface area (Å²) in [6.45, 7) is 0. The minimum atomic E-state index is -3.66. The van der Waals surface area contributed by atoms with Crippen LogP contribution in [0, 0.1) is 0 Å². The maximum Gasteiger partial charge on any atom is 0.218 e. The molecule has 21 heavy (non-hydrogen) atoms. The van der Waals surface area contributed by atoms with Crippen molar-refractivity contribution in [1.29, 1.82) is 0 Å². The first-order valence-corrected chi connectivity index (χ1v) is 8.36. The van der Waals surface area contributed by atoms with Crippen LogP contribution in [0.3, 0.4) is 0 Å². The summed E-state index contributed by atoms with van der Waals surface area (Å²) < 4.78 is 30.5. The van der Waals surface area contributed by atoms with Gasteiger partial charge in [0, 0.05) is 11.6 Å². The van der Waals surface area contributed by atoms with Crippen molar-refractivity contribution in [3.05, 3.63) is 42.6 Å². The zero-order chi connectivity index (χ0) is 15.0. The van der Waals surface area contributed by atoms with Crippen LogP contribution >= 0.6 is 11.3 Å². The molecule has 7 heteroatoms. The number of methoxy groups -OCH3 is 1. The van der Waals surface area contributed by atoms with Crippen LogP contribution in [-0.4, -0.2) is 20.5 Å². The monoisotopic (exact) mass is 320 g/mol. The Labute approximate surface area is 125 Å². The van der Waals surface area contributed by atoms with Crippen molar-refractivity contribution in [3.63, 3.8) is 0 Å². The number of aromatic nitrogens is 1. The van der Waals surface area contributed by atoms with Gasteiger partial charge >= 0.3 is 0 Å². The number of nitrogen functional groups attached to an aromatic ring is 1. The van der Waals surface area contributed by atoms with Crippen molar-refractivity contribution in [2.75, 3.05) is 12.8 Å². The van der Waals surface area contributed by atoms with E-state index in [4.69, 9.17) is 10.5 Å². The third-order valence-electron chi connectivity index (χ3n) is 3.08. The SMILES string of the molecule is COc1ccc(S(=O)(=O)c2sc3ncccc3c2N)cc1. The lowest BCUT2D eigenvalue weighted by Crippen LogP contribution is -2.02. The molecular formula is C14H12N2O3S2. The van der Waals surface area contributed by atoms with Crippen LogP contribution in [0.2, 0.25) is 0 Å². The van der Waals surface area contributed by atoms with E-state index in [-0.39, 0.29) is 14.8 Å². The van der Waals surface area contributed by atoms with Crippen molar-refractivity contribution in [2.24, 2.45) is 0 Å². The van der Waals surface area contributed by atoms with Crippen molar-refractivity contribution in [3.8, 4) is 5.75 Å². The molecule has 0 saturated carbocycles. The molecule has 0 fully saturated rings. The predicted octanol–water partition coefficient (Wildman–Crippen LogP) is 2.72. The smallest absolute Gasteiger partial charge is 0.218 e. The van der Waals surface area contributed by atoms with Crippen LogP contribution in [0.1, 0.15) is 0 Å². The number of hydrogen-bond acceptors (Lipinski definition) is 6. The van der Waals surface area contributed by atoms with Gasteiger partial charge in [-0.15, -0.1) is 11.3 Å².